The maximum atomic E-state index is 13.3. The molecule has 0 saturated carbocycles. The number of halogens is 3. The van der Waals surface area contributed by atoms with Crippen molar-refractivity contribution in [1.82, 2.24) is 0 Å². The highest BCUT2D eigenvalue weighted by Gasteiger charge is 2.14. The van der Waals surface area contributed by atoms with Crippen LogP contribution in [0.1, 0.15) is 17.0 Å². The molecule has 0 heterocycles. The number of aromatic hydroxyl groups is 1. The summed E-state index contributed by atoms with van der Waals surface area (Å²) in [5, 5.41) is 9.62. The van der Waals surface area contributed by atoms with E-state index in [1.165, 1.54) is 12.1 Å². The molecule has 0 fully saturated rings. The third-order valence-corrected chi connectivity index (χ3v) is 3.50. The number of nitrogens with two attached hydrogens (primary N) is 1. The van der Waals surface area contributed by atoms with Gasteiger partial charge in [0.2, 0.25) is 0 Å². The van der Waals surface area contributed by atoms with Gasteiger partial charge in [-0.05, 0) is 48.4 Å². The summed E-state index contributed by atoms with van der Waals surface area (Å²) >= 11 is 5.84. The maximum absolute atomic E-state index is 13.3. The lowest BCUT2D eigenvalue weighted by atomic mass is 9.92. The second-order valence-electron chi connectivity index (χ2n) is 4.60. The van der Waals surface area contributed by atoms with Crippen LogP contribution in [0.4, 0.5) is 8.78 Å². The van der Waals surface area contributed by atoms with Gasteiger partial charge in [-0.25, -0.2) is 8.78 Å². The number of hydrogen-bond donors (Lipinski definition) is 2. The van der Waals surface area contributed by atoms with E-state index in [4.69, 9.17) is 17.3 Å². The van der Waals surface area contributed by atoms with Crippen molar-refractivity contribution in [2.24, 2.45) is 5.73 Å². The summed E-state index contributed by atoms with van der Waals surface area (Å²) < 4.78 is 26.2. The molecule has 0 aromatic heterocycles. The predicted molar refractivity (Wildman–Crippen MR) is 75.0 cm³/mol. The van der Waals surface area contributed by atoms with E-state index in [0.717, 1.165) is 17.7 Å². The van der Waals surface area contributed by atoms with Crippen LogP contribution in [0, 0.1) is 11.6 Å². The summed E-state index contributed by atoms with van der Waals surface area (Å²) in [6, 6.07) is 8.64. The summed E-state index contributed by atoms with van der Waals surface area (Å²) in [6.45, 7) is 0.295. The van der Waals surface area contributed by atoms with Gasteiger partial charge in [0.25, 0.3) is 0 Å². The average Bonchev–Trinajstić information content (AvgIpc) is 2.43. The van der Waals surface area contributed by atoms with Gasteiger partial charge in [-0.15, -0.1) is 0 Å². The second kappa shape index (κ2) is 6.20. The lowest BCUT2D eigenvalue weighted by molar-refractivity contribution is 0.475. The Morgan fingerprint density at radius 1 is 1.10 bits per heavy atom. The van der Waals surface area contributed by atoms with Gasteiger partial charge in [0.15, 0.2) is 11.6 Å². The van der Waals surface area contributed by atoms with Crippen LogP contribution >= 0.6 is 11.6 Å². The van der Waals surface area contributed by atoms with Crippen molar-refractivity contribution < 1.29 is 13.9 Å². The minimum atomic E-state index is -0.885. The largest absolute Gasteiger partial charge is 0.506 e. The van der Waals surface area contributed by atoms with E-state index in [9.17, 15) is 13.9 Å². The highest BCUT2D eigenvalue weighted by atomic mass is 35.5. The number of phenolic OH excluding ortho intramolecular Hbond substituents is 1. The molecular formula is C15H14ClF2NO. The van der Waals surface area contributed by atoms with Gasteiger partial charge in [0.1, 0.15) is 5.75 Å². The van der Waals surface area contributed by atoms with E-state index in [0.29, 0.717) is 18.5 Å². The molecule has 2 rings (SSSR count). The Bertz CT molecular complexity index is 619. The van der Waals surface area contributed by atoms with Gasteiger partial charge in [-0.2, -0.15) is 0 Å². The molecule has 2 nitrogen and oxygen atoms in total. The quantitative estimate of drug-likeness (QED) is 0.905. The van der Waals surface area contributed by atoms with E-state index in [1.807, 2.05) is 0 Å². The molecule has 0 aliphatic rings. The normalized spacial score (nSPS) is 12.4. The first kappa shape index (κ1) is 14.8. The fourth-order valence-electron chi connectivity index (χ4n) is 2.07. The number of hydrogen-bond acceptors (Lipinski definition) is 2. The molecule has 0 aliphatic carbocycles. The lowest BCUT2D eigenvalue weighted by Crippen LogP contribution is -2.15. The molecule has 1 unspecified atom stereocenters. The van der Waals surface area contributed by atoms with E-state index < -0.39 is 11.6 Å². The highest BCUT2D eigenvalue weighted by Crippen LogP contribution is 2.27. The Kier molecular flexibility index (Phi) is 4.57. The van der Waals surface area contributed by atoms with Crippen molar-refractivity contribution in [2.75, 3.05) is 6.54 Å². The molecule has 5 heteroatoms. The Hall–Kier alpha value is -1.65. The number of phenols is 1. The molecule has 3 N–H and O–H groups in total. The van der Waals surface area contributed by atoms with Crippen molar-refractivity contribution in [2.45, 2.75) is 12.3 Å². The van der Waals surface area contributed by atoms with Crippen molar-refractivity contribution in [3.63, 3.8) is 0 Å². The molecule has 0 bridgehead atoms. The Labute approximate surface area is 120 Å². The zero-order valence-electron chi connectivity index (χ0n) is 10.6. The zero-order valence-corrected chi connectivity index (χ0v) is 11.4. The molecule has 0 saturated heterocycles. The fraction of sp³-hybridized carbons (Fsp3) is 0.200. The van der Waals surface area contributed by atoms with E-state index in [-0.39, 0.29) is 16.7 Å². The molecule has 2 aromatic rings. The van der Waals surface area contributed by atoms with Crippen molar-refractivity contribution in [3.05, 3.63) is 64.2 Å². The second-order valence-corrected chi connectivity index (χ2v) is 5.00. The van der Waals surface area contributed by atoms with E-state index >= 15 is 0 Å². The van der Waals surface area contributed by atoms with Crippen LogP contribution in [0.15, 0.2) is 36.4 Å². The minimum Gasteiger partial charge on any atom is -0.506 e. The highest BCUT2D eigenvalue weighted by molar-refractivity contribution is 6.32. The standard InChI is InChI=1S/C15H14ClF2NO/c16-12-6-9(1-4-15(12)20)5-11(8-19)10-2-3-13(17)14(18)7-10/h1-4,6-7,11,20H,5,8,19H2. The minimum absolute atomic E-state index is 0.00698. The van der Waals surface area contributed by atoms with Gasteiger partial charge in [0, 0.05) is 5.92 Å². The number of rotatable bonds is 4. The first-order valence-corrected chi connectivity index (χ1v) is 6.51. The van der Waals surface area contributed by atoms with Crippen LogP contribution < -0.4 is 5.73 Å². The van der Waals surface area contributed by atoms with Crippen LogP contribution in [-0.2, 0) is 6.42 Å². The van der Waals surface area contributed by atoms with E-state index in [1.54, 1.807) is 12.1 Å². The Balaban J connectivity index is 2.23. The molecule has 1 atom stereocenters. The third kappa shape index (κ3) is 3.26. The summed E-state index contributed by atoms with van der Waals surface area (Å²) in [4.78, 5) is 0. The average molecular weight is 298 g/mol. The molecule has 0 aliphatic heterocycles. The molecule has 0 radical (unpaired) electrons. The van der Waals surface area contributed by atoms with Gasteiger partial charge in [0.05, 0.1) is 5.02 Å². The van der Waals surface area contributed by atoms with Crippen LogP contribution in [0.25, 0.3) is 0 Å². The SMILES string of the molecule is NCC(Cc1ccc(O)c(Cl)c1)c1ccc(F)c(F)c1. The summed E-state index contributed by atoms with van der Waals surface area (Å²) in [5.74, 6) is -1.90. The van der Waals surface area contributed by atoms with Crippen molar-refractivity contribution in [1.29, 1.82) is 0 Å². The summed E-state index contributed by atoms with van der Waals surface area (Å²) in [7, 11) is 0. The van der Waals surface area contributed by atoms with Crippen LogP contribution in [0.3, 0.4) is 0 Å². The topological polar surface area (TPSA) is 46.2 Å². The van der Waals surface area contributed by atoms with Gasteiger partial charge in [-0.1, -0.05) is 23.7 Å². The molecule has 0 spiro atoms. The first-order valence-electron chi connectivity index (χ1n) is 6.13. The van der Waals surface area contributed by atoms with Gasteiger partial charge >= 0.3 is 0 Å². The maximum Gasteiger partial charge on any atom is 0.159 e. The van der Waals surface area contributed by atoms with Gasteiger partial charge in [-0.3, -0.25) is 0 Å². The summed E-state index contributed by atoms with van der Waals surface area (Å²) in [6.07, 6.45) is 0.529. The van der Waals surface area contributed by atoms with Crippen molar-refractivity contribution in [3.8, 4) is 5.75 Å². The number of benzene rings is 2. The molecule has 0 amide bonds. The lowest BCUT2D eigenvalue weighted by Gasteiger charge is -2.16. The van der Waals surface area contributed by atoms with Crippen LogP contribution in [0.5, 0.6) is 5.75 Å². The smallest absolute Gasteiger partial charge is 0.159 e. The Morgan fingerprint density at radius 3 is 2.45 bits per heavy atom. The third-order valence-electron chi connectivity index (χ3n) is 3.19. The zero-order chi connectivity index (χ0) is 14.7. The first-order chi connectivity index (χ1) is 9.51. The predicted octanol–water partition coefficient (Wildman–Crippen LogP) is 3.61. The molecule has 106 valence electrons. The molecular weight excluding hydrogens is 284 g/mol. The fourth-order valence-corrected chi connectivity index (χ4v) is 2.27. The molecule has 20 heavy (non-hydrogen) atoms. The van der Waals surface area contributed by atoms with Crippen LogP contribution in [0.2, 0.25) is 5.02 Å². The van der Waals surface area contributed by atoms with Crippen LogP contribution in [-0.4, -0.2) is 11.7 Å². The Morgan fingerprint density at radius 2 is 1.85 bits per heavy atom. The summed E-state index contributed by atoms with van der Waals surface area (Å²) in [5.41, 5.74) is 7.21. The molecule has 2 aromatic carbocycles. The monoisotopic (exact) mass is 297 g/mol. The van der Waals surface area contributed by atoms with Gasteiger partial charge < -0.3 is 10.8 Å². The van der Waals surface area contributed by atoms with Crippen molar-refractivity contribution >= 4 is 11.6 Å². The van der Waals surface area contributed by atoms with E-state index in [2.05, 4.69) is 0 Å².